The van der Waals surface area contributed by atoms with Gasteiger partial charge in [0.1, 0.15) is 0 Å². The molecule has 3 N–H and O–H groups in total. The average Bonchev–Trinajstić information content (AvgIpc) is 2.93. The minimum atomic E-state index is 0. The monoisotopic (exact) mass is 337 g/mol. The van der Waals surface area contributed by atoms with Crippen molar-refractivity contribution >= 4 is 29.9 Å². The smallest absolute Gasteiger partial charge is 0.188 e. The van der Waals surface area contributed by atoms with Crippen LogP contribution in [0.2, 0.25) is 0 Å². The molecule has 3 nitrogen and oxygen atoms in total. The second kappa shape index (κ2) is 6.07. The number of halogens is 1. The van der Waals surface area contributed by atoms with Gasteiger partial charge >= 0.3 is 0 Å². The molecule has 0 spiro atoms. The van der Waals surface area contributed by atoms with E-state index < -0.39 is 0 Å². The number of guanidine groups is 1. The van der Waals surface area contributed by atoms with Gasteiger partial charge in [-0.25, -0.2) is 0 Å². The molecule has 0 saturated heterocycles. The molecule has 0 aromatic rings. The summed E-state index contributed by atoms with van der Waals surface area (Å²) in [5, 5.41) is 3.24. The van der Waals surface area contributed by atoms with E-state index in [-0.39, 0.29) is 24.0 Å². The number of hydrogen-bond donors (Lipinski definition) is 2. The first-order chi connectivity index (χ1) is 7.24. The van der Waals surface area contributed by atoms with Crippen LogP contribution in [0.1, 0.15) is 45.4 Å². The van der Waals surface area contributed by atoms with Gasteiger partial charge in [0.15, 0.2) is 5.96 Å². The molecule has 2 fully saturated rings. The maximum atomic E-state index is 5.83. The summed E-state index contributed by atoms with van der Waals surface area (Å²) < 4.78 is 0. The fraction of sp³-hybridized carbons (Fsp3) is 0.917. The molecule has 0 heterocycles. The van der Waals surface area contributed by atoms with Crippen LogP contribution in [-0.4, -0.2) is 19.0 Å². The summed E-state index contributed by atoms with van der Waals surface area (Å²) in [7, 11) is 0. The van der Waals surface area contributed by atoms with Gasteiger partial charge in [-0.3, -0.25) is 4.99 Å². The second-order valence-corrected chi connectivity index (χ2v) is 5.23. The van der Waals surface area contributed by atoms with E-state index in [4.69, 9.17) is 5.73 Å². The molecule has 2 aliphatic carbocycles. The summed E-state index contributed by atoms with van der Waals surface area (Å²) in [6.07, 6.45) is 8.03. The minimum absolute atomic E-state index is 0. The van der Waals surface area contributed by atoms with Crippen LogP contribution in [0.25, 0.3) is 0 Å². The van der Waals surface area contributed by atoms with Gasteiger partial charge in [-0.05, 0) is 43.4 Å². The molecule has 0 bridgehead atoms. The van der Waals surface area contributed by atoms with E-state index in [0.29, 0.717) is 11.4 Å². The molecule has 4 heteroatoms. The third kappa shape index (κ3) is 3.79. The van der Waals surface area contributed by atoms with Crippen molar-refractivity contribution in [1.82, 2.24) is 5.32 Å². The largest absolute Gasteiger partial charge is 0.370 e. The van der Waals surface area contributed by atoms with E-state index in [1.165, 1.54) is 38.5 Å². The highest BCUT2D eigenvalue weighted by Crippen LogP contribution is 2.48. The lowest BCUT2D eigenvalue weighted by atomic mass is 9.85. The summed E-state index contributed by atoms with van der Waals surface area (Å²) >= 11 is 0. The van der Waals surface area contributed by atoms with E-state index in [2.05, 4.69) is 17.2 Å². The average molecular weight is 337 g/mol. The molecule has 0 radical (unpaired) electrons. The lowest BCUT2D eigenvalue weighted by Crippen LogP contribution is -2.37. The van der Waals surface area contributed by atoms with Crippen LogP contribution in [0.3, 0.4) is 0 Å². The van der Waals surface area contributed by atoms with Gasteiger partial charge in [0.25, 0.3) is 0 Å². The molecule has 0 aromatic carbocycles. The first kappa shape index (κ1) is 14.1. The highest BCUT2D eigenvalue weighted by Gasteiger charge is 2.40. The predicted molar refractivity (Wildman–Crippen MR) is 79.2 cm³/mol. The predicted octanol–water partition coefficient (Wildman–Crippen LogP) is 2.50. The lowest BCUT2D eigenvalue weighted by molar-refractivity contribution is 0.315. The van der Waals surface area contributed by atoms with Crippen molar-refractivity contribution in [3.05, 3.63) is 0 Å². The third-order valence-electron chi connectivity index (χ3n) is 4.09. The van der Waals surface area contributed by atoms with Crippen LogP contribution in [0.5, 0.6) is 0 Å². The SMILES string of the molecule is CCC1(CN=C(N)NCC2CCC2)CC1.I. The van der Waals surface area contributed by atoms with Gasteiger partial charge in [0.2, 0.25) is 0 Å². The maximum absolute atomic E-state index is 5.83. The summed E-state index contributed by atoms with van der Waals surface area (Å²) in [5.41, 5.74) is 6.35. The highest BCUT2D eigenvalue weighted by molar-refractivity contribution is 14.0. The second-order valence-electron chi connectivity index (χ2n) is 5.23. The number of nitrogens with zero attached hydrogens (tertiary/aromatic N) is 1. The van der Waals surface area contributed by atoms with E-state index in [1.807, 2.05) is 0 Å². The summed E-state index contributed by atoms with van der Waals surface area (Å²) in [6.45, 7) is 4.20. The lowest BCUT2D eigenvalue weighted by Gasteiger charge is -2.25. The number of rotatable bonds is 5. The topological polar surface area (TPSA) is 50.4 Å². The van der Waals surface area contributed by atoms with Crippen molar-refractivity contribution in [3.8, 4) is 0 Å². The Labute approximate surface area is 116 Å². The quantitative estimate of drug-likeness (QED) is 0.460. The molecule has 0 aliphatic heterocycles. The standard InChI is InChI=1S/C12H23N3.HI/c1-2-12(6-7-12)9-15-11(13)14-8-10-4-3-5-10;/h10H,2-9H2,1H3,(H3,13,14,15);1H. The molecule has 2 saturated carbocycles. The van der Waals surface area contributed by atoms with Crippen molar-refractivity contribution in [2.24, 2.45) is 22.1 Å². The summed E-state index contributed by atoms with van der Waals surface area (Å²) in [4.78, 5) is 4.44. The van der Waals surface area contributed by atoms with Crippen molar-refractivity contribution < 1.29 is 0 Å². The molecule has 94 valence electrons. The van der Waals surface area contributed by atoms with Gasteiger partial charge < -0.3 is 11.1 Å². The first-order valence-corrected chi connectivity index (χ1v) is 6.28. The van der Waals surface area contributed by atoms with Gasteiger partial charge in [0, 0.05) is 13.1 Å². The Hall–Kier alpha value is 0. The Morgan fingerprint density at radius 1 is 1.44 bits per heavy atom. The summed E-state index contributed by atoms with van der Waals surface area (Å²) in [5.74, 6) is 1.50. The molecule has 2 rings (SSSR count). The van der Waals surface area contributed by atoms with Gasteiger partial charge in [-0.2, -0.15) is 0 Å². The Balaban J connectivity index is 0.00000128. The third-order valence-corrected chi connectivity index (χ3v) is 4.09. The Kier molecular flexibility index (Phi) is 5.34. The van der Waals surface area contributed by atoms with Crippen molar-refractivity contribution in [3.63, 3.8) is 0 Å². The first-order valence-electron chi connectivity index (χ1n) is 6.28. The molecular weight excluding hydrogens is 313 g/mol. The van der Waals surface area contributed by atoms with Gasteiger partial charge in [-0.15, -0.1) is 24.0 Å². The fourth-order valence-electron chi connectivity index (χ4n) is 2.05. The van der Waals surface area contributed by atoms with Crippen LogP contribution >= 0.6 is 24.0 Å². The van der Waals surface area contributed by atoms with Gasteiger partial charge in [0.05, 0.1) is 0 Å². The molecule has 0 atom stereocenters. The Morgan fingerprint density at radius 2 is 2.12 bits per heavy atom. The Morgan fingerprint density at radius 3 is 2.56 bits per heavy atom. The molecule has 2 aliphatic rings. The highest BCUT2D eigenvalue weighted by atomic mass is 127. The number of nitrogens with one attached hydrogen (secondary N) is 1. The normalized spacial score (nSPS) is 23.2. The van der Waals surface area contributed by atoms with Crippen LogP contribution in [-0.2, 0) is 0 Å². The van der Waals surface area contributed by atoms with Crippen molar-refractivity contribution in [2.45, 2.75) is 45.4 Å². The zero-order chi connectivity index (χ0) is 10.7. The molecule has 0 aromatic heterocycles. The van der Waals surface area contributed by atoms with Crippen LogP contribution in [0.4, 0.5) is 0 Å². The molecule has 16 heavy (non-hydrogen) atoms. The van der Waals surface area contributed by atoms with Crippen molar-refractivity contribution in [2.75, 3.05) is 13.1 Å². The van der Waals surface area contributed by atoms with Crippen LogP contribution in [0, 0.1) is 11.3 Å². The Bertz CT molecular complexity index is 245. The number of aliphatic imine (C=N–C) groups is 1. The molecule has 0 amide bonds. The maximum Gasteiger partial charge on any atom is 0.188 e. The van der Waals surface area contributed by atoms with Crippen LogP contribution in [0.15, 0.2) is 4.99 Å². The number of hydrogen-bond acceptors (Lipinski definition) is 1. The summed E-state index contributed by atoms with van der Waals surface area (Å²) in [6, 6.07) is 0. The van der Waals surface area contributed by atoms with E-state index in [9.17, 15) is 0 Å². The number of nitrogens with two attached hydrogens (primary N) is 1. The fourth-order valence-corrected chi connectivity index (χ4v) is 2.05. The zero-order valence-corrected chi connectivity index (χ0v) is 12.5. The van der Waals surface area contributed by atoms with E-state index in [0.717, 1.165) is 19.0 Å². The molecule has 0 unspecified atom stereocenters. The van der Waals surface area contributed by atoms with Crippen LogP contribution < -0.4 is 11.1 Å². The van der Waals surface area contributed by atoms with E-state index >= 15 is 0 Å². The van der Waals surface area contributed by atoms with E-state index in [1.54, 1.807) is 0 Å². The molecular formula is C12H24IN3. The minimum Gasteiger partial charge on any atom is -0.370 e. The van der Waals surface area contributed by atoms with Crippen molar-refractivity contribution in [1.29, 1.82) is 0 Å². The zero-order valence-electron chi connectivity index (χ0n) is 10.2. The van der Waals surface area contributed by atoms with Gasteiger partial charge in [-0.1, -0.05) is 13.3 Å².